The molecule has 0 bridgehead atoms. The first-order valence-corrected chi connectivity index (χ1v) is 4.98. The summed E-state index contributed by atoms with van der Waals surface area (Å²) in [5, 5.41) is 7.47. The fourth-order valence-electron chi connectivity index (χ4n) is 1.27. The number of benzene rings is 1. The summed E-state index contributed by atoms with van der Waals surface area (Å²) >= 11 is 5.55. The predicted molar refractivity (Wildman–Crippen MR) is 60.4 cm³/mol. The van der Waals surface area contributed by atoms with Gasteiger partial charge in [-0.2, -0.15) is 0 Å². The van der Waals surface area contributed by atoms with Crippen LogP contribution in [0.2, 0.25) is 0 Å². The van der Waals surface area contributed by atoms with Crippen LogP contribution in [0.5, 0.6) is 5.75 Å². The van der Waals surface area contributed by atoms with Crippen LogP contribution in [0.4, 0.5) is 5.69 Å². The summed E-state index contributed by atoms with van der Waals surface area (Å²) in [5.74, 6) is 1.02. The van der Waals surface area contributed by atoms with Gasteiger partial charge in [0.25, 0.3) is 0 Å². The number of aliphatic imine (C=N–C) groups is 1. The highest BCUT2D eigenvalue weighted by atomic mass is 35.5. The minimum absolute atomic E-state index is 0.152. The Balaban J connectivity index is 2.60. The minimum atomic E-state index is 0.152. The van der Waals surface area contributed by atoms with Gasteiger partial charge in [0.05, 0.1) is 18.7 Å². The van der Waals surface area contributed by atoms with Gasteiger partial charge in [-0.1, -0.05) is 0 Å². The second-order valence-corrected chi connectivity index (χ2v) is 3.25. The number of nitrogens with zero attached hydrogens (tertiary/aromatic N) is 3. The van der Waals surface area contributed by atoms with Gasteiger partial charge in [0.15, 0.2) is 16.8 Å². The molecule has 1 aromatic heterocycles. The zero-order valence-electron chi connectivity index (χ0n) is 8.48. The third kappa shape index (κ3) is 1.79. The zero-order chi connectivity index (χ0) is 11.5. The molecule has 2 rings (SSSR count). The zero-order valence-corrected chi connectivity index (χ0v) is 9.23. The van der Waals surface area contributed by atoms with Crippen LogP contribution in [0.3, 0.4) is 0 Å². The van der Waals surface area contributed by atoms with Crippen molar-refractivity contribution in [3.63, 3.8) is 0 Å². The Morgan fingerprint density at radius 1 is 1.50 bits per heavy atom. The van der Waals surface area contributed by atoms with Crippen molar-refractivity contribution < 1.29 is 9.37 Å². The molecule has 1 heterocycles. The van der Waals surface area contributed by atoms with Crippen LogP contribution in [0.1, 0.15) is 0 Å². The van der Waals surface area contributed by atoms with Gasteiger partial charge in [0.2, 0.25) is 0 Å². The summed E-state index contributed by atoms with van der Waals surface area (Å²) in [7, 11) is 1.54. The highest BCUT2D eigenvalue weighted by molar-refractivity contribution is 6.28. The molecule has 0 atom stereocenters. The Kier molecular flexibility index (Phi) is 2.91. The van der Waals surface area contributed by atoms with E-state index in [2.05, 4.69) is 19.9 Å². The van der Waals surface area contributed by atoms with E-state index in [1.54, 1.807) is 19.2 Å². The van der Waals surface area contributed by atoms with Crippen molar-refractivity contribution in [2.75, 3.05) is 13.0 Å². The summed E-state index contributed by atoms with van der Waals surface area (Å²) in [4.78, 5) is 4.10. The number of ether oxygens (including phenoxy) is 1. The average Bonchev–Trinajstić information content (AvgIpc) is 2.78. The van der Waals surface area contributed by atoms with Crippen LogP contribution >= 0.6 is 11.6 Å². The third-order valence-corrected chi connectivity index (χ3v) is 2.25. The molecule has 16 heavy (non-hydrogen) atoms. The number of halogens is 1. The van der Waals surface area contributed by atoms with Crippen molar-refractivity contribution in [3.05, 3.63) is 12.1 Å². The van der Waals surface area contributed by atoms with Crippen molar-refractivity contribution >= 4 is 34.2 Å². The molecule has 84 valence electrons. The first kappa shape index (κ1) is 10.7. The summed E-state index contributed by atoms with van der Waals surface area (Å²) in [6.45, 7) is 0. The number of aromatic nitrogens is 2. The molecular weight excluding hydrogens is 232 g/mol. The van der Waals surface area contributed by atoms with E-state index in [-0.39, 0.29) is 5.88 Å². The molecule has 1 aromatic carbocycles. The van der Waals surface area contributed by atoms with Crippen LogP contribution in [0.25, 0.3) is 11.0 Å². The summed E-state index contributed by atoms with van der Waals surface area (Å²) in [5.41, 5.74) is 7.09. The molecule has 6 nitrogen and oxygen atoms in total. The summed E-state index contributed by atoms with van der Waals surface area (Å²) in [6.07, 6.45) is 0. The van der Waals surface area contributed by atoms with E-state index >= 15 is 0 Å². The maximum Gasteiger partial charge on any atom is 0.179 e. The van der Waals surface area contributed by atoms with Gasteiger partial charge >= 0.3 is 0 Å². The van der Waals surface area contributed by atoms with Crippen molar-refractivity contribution in [1.82, 2.24) is 10.3 Å². The largest absolute Gasteiger partial charge is 0.494 e. The molecule has 0 saturated heterocycles. The first-order chi connectivity index (χ1) is 7.76. The molecule has 0 aliphatic carbocycles. The van der Waals surface area contributed by atoms with Crippen molar-refractivity contribution in [2.24, 2.45) is 10.7 Å². The molecule has 0 spiro atoms. The van der Waals surface area contributed by atoms with Gasteiger partial charge in [0.1, 0.15) is 5.84 Å². The van der Waals surface area contributed by atoms with E-state index < -0.39 is 0 Å². The molecule has 0 amide bonds. The van der Waals surface area contributed by atoms with E-state index in [1.165, 1.54) is 0 Å². The summed E-state index contributed by atoms with van der Waals surface area (Å²) in [6, 6.07) is 3.43. The standard InChI is InChI=1S/C9H9ClN4O2/c1-15-6-3-2-5(12-7(11)4-10)8-9(6)14-16-13-8/h2-3H,4H2,1H3,(H2,11,12). The van der Waals surface area contributed by atoms with E-state index in [1.807, 2.05) is 0 Å². The number of rotatable bonds is 3. The van der Waals surface area contributed by atoms with E-state index in [0.29, 0.717) is 28.3 Å². The molecule has 0 aliphatic heterocycles. The van der Waals surface area contributed by atoms with Gasteiger partial charge in [-0.05, 0) is 22.4 Å². The van der Waals surface area contributed by atoms with Gasteiger partial charge in [-0.15, -0.1) is 11.6 Å². The number of hydrogen-bond donors (Lipinski definition) is 1. The Hall–Kier alpha value is -1.82. The highest BCUT2D eigenvalue weighted by Gasteiger charge is 2.11. The predicted octanol–water partition coefficient (Wildman–Crippen LogP) is 1.46. The molecule has 0 saturated carbocycles. The molecule has 0 radical (unpaired) electrons. The molecule has 0 fully saturated rings. The van der Waals surface area contributed by atoms with Gasteiger partial charge in [-0.3, -0.25) is 0 Å². The fraction of sp³-hybridized carbons (Fsp3) is 0.222. The lowest BCUT2D eigenvalue weighted by molar-refractivity contribution is 0.314. The lowest BCUT2D eigenvalue weighted by Crippen LogP contribution is -2.12. The Morgan fingerprint density at radius 2 is 2.25 bits per heavy atom. The molecule has 0 unspecified atom stereocenters. The second-order valence-electron chi connectivity index (χ2n) is 2.99. The second kappa shape index (κ2) is 4.36. The summed E-state index contributed by atoms with van der Waals surface area (Å²) < 4.78 is 9.74. The topological polar surface area (TPSA) is 86.5 Å². The van der Waals surface area contributed by atoms with E-state index in [0.717, 1.165) is 0 Å². The average molecular weight is 241 g/mol. The van der Waals surface area contributed by atoms with Gasteiger partial charge in [0, 0.05) is 0 Å². The number of nitrogens with two attached hydrogens (primary N) is 1. The van der Waals surface area contributed by atoms with Crippen molar-refractivity contribution in [2.45, 2.75) is 0 Å². The van der Waals surface area contributed by atoms with Crippen LogP contribution in [0, 0.1) is 0 Å². The number of methoxy groups -OCH3 is 1. The quantitative estimate of drug-likeness (QED) is 0.499. The minimum Gasteiger partial charge on any atom is -0.494 e. The molecule has 0 aliphatic rings. The number of alkyl halides is 1. The normalized spacial score (nSPS) is 12.0. The monoisotopic (exact) mass is 240 g/mol. The lowest BCUT2D eigenvalue weighted by Gasteiger charge is -2.00. The molecular formula is C9H9ClN4O2. The van der Waals surface area contributed by atoms with Crippen molar-refractivity contribution in [1.29, 1.82) is 0 Å². The smallest absolute Gasteiger partial charge is 0.179 e. The Bertz CT molecular complexity index is 537. The van der Waals surface area contributed by atoms with Crippen LogP contribution in [-0.2, 0) is 0 Å². The Labute approximate surface area is 96.0 Å². The molecule has 2 aromatic rings. The fourth-order valence-corrected chi connectivity index (χ4v) is 1.33. The molecule has 2 N–H and O–H groups in total. The van der Waals surface area contributed by atoms with Crippen LogP contribution < -0.4 is 10.5 Å². The highest BCUT2D eigenvalue weighted by Crippen LogP contribution is 2.30. The van der Waals surface area contributed by atoms with E-state index in [4.69, 9.17) is 22.1 Å². The maximum atomic E-state index is 5.55. The number of hydrogen-bond acceptors (Lipinski definition) is 5. The van der Waals surface area contributed by atoms with Gasteiger partial charge < -0.3 is 10.5 Å². The van der Waals surface area contributed by atoms with Gasteiger partial charge in [-0.25, -0.2) is 9.62 Å². The van der Waals surface area contributed by atoms with Crippen LogP contribution in [0.15, 0.2) is 21.8 Å². The first-order valence-electron chi connectivity index (χ1n) is 4.44. The van der Waals surface area contributed by atoms with E-state index in [9.17, 15) is 0 Å². The SMILES string of the molecule is COc1ccc(N=C(N)CCl)c2nonc12. The number of amidine groups is 1. The maximum absolute atomic E-state index is 5.55. The van der Waals surface area contributed by atoms with Crippen molar-refractivity contribution in [3.8, 4) is 5.75 Å². The molecule has 7 heteroatoms. The lowest BCUT2D eigenvalue weighted by atomic mass is 10.2. The number of fused-ring (bicyclic) bond motifs is 1. The van der Waals surface area contributed by atoms with Crippen LogP contribution in [-0.4, -0.2) is 29.1 Å². The Morgan fingerprint density at radius 3 is 2.94 bits per heavy atom. The third-order valence-electron chi connectivity index (χ3n) is 1.98.